The Kier molecular flexibility index (Phi) is 4.16. The SMILES string of the molecule is Cn1c(=O)c2c(ncn2CC(=O)NC(=O)NC23CC4CC(CC(C4)C2)C3)n(C)c1=O. The molecule has 2 aromatic rings. The second kappa shape index (κ2) is 6.55. The maximum Gasteiger partial charge on any atom is 0.332 e. The lowest BCUT2D eigenvalue weighted by Crippen LogP contribution is -2.62. The number of carbonyl (C=O) groups is 2. The third kappa shape index (κ3) is 2.96. The number of fused-ring (bicyclic) bond motifs is 1. The van der Waals surface area contributed by atoms with E-state index in [1.54, 1.807) is 0 Å². The lowest BCUT2D eigenvalue weighted by atomic mass is 9.53. The van der Waals surface area contributed by atoms with Crippen LogP contribution in [-0.2, 0) is 25.4 Å². The Morgan fingerprint density at radius 1 is 1.07 bits per heavy atom. The van der Waals surface area contributed by atoms with Gasteiger partial charge in [0.1, 0.15) is 6.54 Å². The van der Waals surface area contributed by atoms with E-state index in [0.717, 1.165) is 23.8 Å². The first-order valence-corrected chi connectivity index (χ1v) is 10.5. The van der Waals surface area contributed by atoms with Crippen LogP contribution < -0.4 is 21.9 Å². The van der Waals surface area contributed by atoms with Gasteiger partial charge in [-0.15, -0.1) is 0 Å². The molecular formula is C20H26N6O4. The summed E-state index contributed by atoms with van der Waals surface area (Å²) < 4.78 is 3.59. The van der Waals surface area contributed by atoms with Crippen LogP contribution in [0.4, 0.5) is 4.79 Å². The first-order chi connectivity index (χ1) is 14.2. The molecule has 10 nitrogen and oxygen atoms in total. The Balaban J connectivity index is 1.30. The highest BCUT2D eigenvalue weighted by atomic mass is 16.2. The molecule has 0 aromatic carbocycles. The lowest BCUT2D eigenvalue weighted by Gasteiger charge is -2.56. The van der Waals surface area contributed by atoms with E-state index in [2.05, 4.69) is 15.6 Å². The maximum atomic E-state index is 12.6. The number of aryl methyl sites for hydroxylation is 1. The summed E-state index contributed by atoms with van der Waals surface area (Å²) in [6.45, 7) is -0.238. The largest absolute Gasteiger partial charge is 0.332 e. The number of nitrogens with one attached hydrogen (secondary N) is 2. The number of carbonyl (C=O) groups excluding carboxylic acids is 2. The van der Waals surface area contributed by atoms with E-state index in [1.165, 1.54) is 48.8 Å². The molecule has 0 saturated heterocycles. The Hall–Kier alpha value is -2.91. The monoisotopic (exact) mass is 414 g/mol. The van der Waals surface area contributed by atoms with E-state index in [0.29, 0.717) is 17.8 Å². The van der Waals surface area contributed by atoms with E-state index in [9.17, 15) is 19.2 Å². The molecule has 30 heavy (non-hydrogen) atoms. The van der Waals surface area contributed by atoms with E-state index >= 15 is 0 Å². The topological polar surface area (TPSA) is 120 Å². The fraction of sp³-hybridized carbons (Fsp3) is 0.650. The molecule has 10 heteroatoms. The van der Waals surface area contributed by atoms with E-state index in [-0.39, 0.29) is 23.2 Å². The van der Waals surface area contributed by atoms with Crippen LogP contribution in [0, 0.1) is 17.8 Å². The first kappa shape index (κ1) is 19.1. The molecule has 2 aromatic heterocycles. The predicted molar refractivity (Wildman–Crippen MR) is 108 cm³/mol. The molecule has 4 bridgehead atoms. The minimum atomic E-state index is -0.535. The van der Waals surface area contributed by atoms with Crippen LogP contribution in [0.25, 0.3) is 11.2 Å². The van der Waals surface area contributed by atoms with Crippen LogP contribution >= 0.6 is 0 Å². The Morgan fingerprint density at radius 3 is 2.27 bits per heavy atom. The number of imidazole rings is 1. The lowest BCUT2D eigenvalue weighted by molar-refractivity contribution is -0.120. The normalized spacial score (nSPS) is 29.3. The summed E-state index contributed by atoms with van der Waals surface area (Å²) in [6.07, 6.45) is 8.14. The predicted octanol–water partition coefficient (Wildman–Crippen LogP) is 0.228. The number of aromatic nitrogens is 4. The average molecular weight is 414 g/mol. The second-order valence-corrected chi connectivity index (χ2v) is 9.45. The summed E-state index contributed by atoms with van der Waals surface area (Å²) in [5.41, 5.74) is -0.853. The van der Waals surface area contributed by atoms with Gasteiger partial charge < -0.3 is 9.88 Å². The summed E-state index contributed by atoms with van der Waals surface area (Å²) in [4.78, 5) is 53.7. The summed E-state index contributed by atoms with van der Waals surface area (Å²) in [7, 11) is 2.89. The second-order valence-electron chi connectivity index (χ2n) is 9.45. The molecule has 4 fully saturated rings. The molecule has 0 aliphatic heterocycles. The van der Waals surface area contributed by atoms with E-state index in [4.69, 9.17) is 0 Å². The van der Waals surface area contributed by atoms with Crippen molar-refractivity contribution in [3.8, 4) is 0 Å². The van der Waals surface area contributed by atoms with Crippen molar-refractivity contribution in [2.75, 3.05) is 0 Å². The molecular weight excluding hydrogens is 388 g/mol. The molecule has 4 aliphatic rings. The number of urea groups is 1. The highest BCUT2D eigenvalue weighted by molar-refractivity contribution is 5.95. The van der Waals surface area contributed by atoms with Gasteiger partial charge in [-0.05, 0) is 56.3 Å². The van der Waals surface area contributed by atoms with Crippen molar-refractivity contribution in [3.63, 3.8) is 0 Å². The van der Waals surface area contributed by atoms with Gasteiger partial charge in [0, 0.05) is 19.6 Å². The highest BCUT2D eigenvalue weighted by Crippen LogP contribution is 2.55. The minimum Gasteiger partial charge on any atom is -0.332 e. The van der Waals surface area contributed by atoms with Crippen molar-refractivity contribution in [2.24, 2.45) is 31.8 Å². The van der Waals surface area contributed by atoms with Crippen LogP contribution in [0.2, 0.25) is 0 Å². The number of hydrogen-bond donors (Lipinski definition) is 2. The maximum absolute atomic E-state index is 12.6. The molecule has 2 heterocycles. The number of rotatable bonds is 3. The standard InChI is InChI=1S/C20H26N6O4/c1-24-16-15(17(28)25(2)19(24)30)26(10-21-16)9-14(27)22-18(29)23-20-6-11-3-12(7-20)5-13(4-11)8-20/h10-13H,3-9H2,1-2H3,(H2,22,23,27,29). The highest BCUT2D eigenvalue weighted by Gasteiger charge is 2.51. The van der Waals surface area contributed by atoms with E-state index < -0.39 is 23.2 Å². The van der Waals surface area contributed by atoms with E-state index in [1.807, 2.05) is 0 Å². The molecule has 160 valence electrons. The van der Waals surface area contributed by atoms with Crippen molar-refractivity contribution in [2.45, 2.75) is 50.6 Å². The van der Waals surface area contributed by atoms with Crippen LogP contribution in [0.15, 0.2) is 15.9 Å². The van der Waals surface area contributed by atoms with Crippen LogP contribution in [0.1, 0.15) is 38.5 Å². The molecule has 2 N–H and O–H groups in total. The number of nitrogens with zero attached hydrogens (tertiary/aromatic N) is 4. The van der Waals surface area contributed by atoms with Gasteiger partial charge in [0.2, 0.25) is 5.91 Å². The van der Waals surface area contributed by atoms with Gasteiger partial charge >= 0.3 is 11.7 Å². The molecule has 4 saturated carbocycles. The molecule has 0 unspecified atom stereocenters. The van der Waals surface area contributed by atoms with Gasteiger partial charge in [-0.2, -0.15) is 0 Å². The van der Waals surface area contributed by atoms with Gasteiger partial charge in [0.05, 0.1) is 6.33 Å². The van der Waals surface area contributed by atoms with Crippen LogP contribution in [0.5, 0.6) is 0 Å². The zero-order valence-corrected chi connectivity index (χ0v) is 17.2. The molecule has 6 rings (SSSR count). The van der Waals surface area contributed by atoms with Crippen LogP contribution in [-0.4, -0.2) is 36.2 Å². The van der Waals surface area contributed by atoms with Crippen LogP contribution in [0.3, 0.4) is 0 Å². The Labute approximate surface area is 172 Å². The quantitative estimate of drug-likeness (QED) is 0.745. The average Bonchev–Trinajstić information content (AvgIpc) is 3.06. The Bertz CT molecular complexity index is 1140. The van der Waals surface area contributed by atoms with Crippen molar-refractivity contribution >= 4 is 23.1 Å². The molecule has 3 amide bonds. The van der Waals surface area contributed by atoms with Gasteiger partial charge in [0.15, 0.2) is 11.2 Å². The minimum absolute atomic E-state index is 0.149. The zero-order valence-electron chi connectivity index (χ0n) is 17.2. The number of amides is 3. The summed E-state index contributed by atoms with van der Waals surface area (Å²) in [6, 6.07) is -0.480. The molecule has 4 aliphatic carbocycles. The fourth-order valence-electron chi connectivity index (χ4n) is 6.37. The smallest absolute Gasteiger partial charge is 0.332 e. The third-order valence-electron chi connectivity index (χ3n) is 7.20. The Morgan fingerprint density at radius 2 is 1.67 bits per heavy atom. The zero-order chi connectivity index (χ0) is 21.2. The summed E-state index contributed by atoms with van der Waals surface area (Å²) >= 11 is 0. The van der Waals surface area contributed by atoms with Crippen molar-refractivity contribution in [1.29, 1.82) is 0 Å². The van der Waals surface area contributed by atoms with Crippen molar-refractivity contribution in [3.05, 3.63) is 27.2 Å². The van der Waals surface area contributed by atoms with Gasteiger partial charge in [-0.3, -0.25) is 24.0 Å². The summed E-state index contributed by atoms with van der Waals surface area (Å²) in [5.74, 6) is 1.53. The van der Waals surface area contributed by atoms with Gasteiger partial charge in [-0.25, -0.2) is 14.6 Å². The number of imide groups is 1. The summed E-state index contributed by atoms with van der Waals surface area (Å²) in [5, 5.41) is 5.51. The fourth-order valence-corrected chi connectivity index (χ4v) is 6.37. The van der Waals surface area contributed by atoms with Crippen molar-refractivity contribution in [1.82, 2.24) is 29.3 Å². The first-order valence-electron chi connectivity index (χ1n) is 10.5. The molecule has 0 spiro atoms. The number of hydrogen-bond acceptors (Lipinski definition) is 5. The van der Waals surface area contributed by atoms with Gasteiger partial charge in [-0.1, -0.05) is 0 Å². The third-order valence-corrected chi connectivity index (χ3v) is 7.20. The van der Waals surface area contributed by atoms with Crippen molar-refractivity contribution < 1.29 is 9.59 Å². The molecule has 0 atom stereocenters. The van der Waals surface area contributed by atoms with Gasteiger partial charge in [0.25, 0.3) is 5.56 Å². The molecule has 0 radical (unpaired) electrons.